The summed E-state index contributed by atoms with van der Waals surface area (Å²) in [6.07, 6.45) is 5.76. The Morgan fingerprint density at radius 2 is 2.11 bits per heavy atom. The van der Waals surface area contributed by atoms with Gasteiger partial charge in [-0.05, 0) is 43.9 Å². The predicted molar refractivity (Wildman–Crippen MR) is 73.9 cm³/mol. The van der Waals surface area contributed by atoms with Gasteiger partial charge < -0.3 is 5.11 Å². The third-order valence-corrected chi connectivity index (χ3v) is 4.01. The van der Waals surface area contributed by atoms with Crippen LogP contribution in [0.15, 0.2) is 42.2 Å². The van der Waals surface area contributed by atoms with Gasteiger partial charge in [-0.3, -0.25) is 4.42 Å². The van der Waals surface area contributed by atoms with Crippen molar-refractivity contribution >= 4 is 6.29 Å². The fourth-order valence-corrected chi connectivity index (χ4v) is 2.33. The van der Waals surface area contributed by atoms with Crippen molar-refractivity contribution < 1.29 is 9.53 Å². The lowest BCUT2D eigenvalue weighted by molar-refractivity contribution is -0.298. The minimum Gasteiger partial charge on any atom is -0.512 e. The molecule has 96 valence electrons. The summed E-state index contributed by atoms with van der Waals surface area (Å²) in [4.78, 5) is 0. The van der Waals surface area contributed by atoms with Crippen molar-refractivity contribution in [2.24, 2.45) is 11.3 Å². The predicted octanol–water partition coefficient (Wildman–Crippen LogP) is 3.91. The van der Waals surface area contributed by atoms with Gasteiger partial charge in [0, 0.05) is 0 Å². The average Bonchev–Trinajstić information content (AvgIpc) is 2.38. The highest BCUT2D eigenvalue weighted by atomic mass is 16.4. The van der Waals surface area contributed by atoms with Crippen LogP contribution in [0, 0.1) is 11.3 Å². The van der Waals surface area contributed by atoms with Crippen LogP contribution in [0.4, 0.5) is 0 Å². The first-order valence-corrected chi connectivity index (χ1v) is 6.52. The zero-order chi connectivity index (χ0) is 13.0. The molecule has 18 heavy (non-hydrogen) atoms. The lowest BCUT2D eigenvalue weighted by atomic mass is 9.71. The molecule has 0 radical (unpaired) electrons. The second kappa shape index (κ2) is 5.38. The number of hydrogen-bond donors (Lipinski definition) is 1. The number of aldehydes is 1. The summed E-state index contributed by atoms with van der Waals surface area (Å²) in [5.74, 6) is 0.911. The molecule has 1 aliphatic rings. The molecule has 1 aromatic carbocycles. The van der Waals surface area contributed by atoms with Crippen molar-refractivity contribution in [3.05, 3.63) is 47.7 Å². The Balaban J connectivity index is 2.07. The maximum absolute atomic E-state index is 10.1. The lowest BCUT2D eigenvalue weighted by Crippen LogP contribution is -2.33. The van der Waals surface area contributed by atoms with Crippen LogP contribution in [-0.4, -0.2) is 18.0 Å². The third-order valence-electron chi connectivity index (χ3n) is 4.01. The van der Waals surface area contributed by atoms with Gasteiger partial charge in [0.2, 0.25) is 0 Å². The first kappa shape index (κ1) is 12.9. The minimum absolute atomic E-state index is 0.260. The molecule has 2 unspecified atom stereocenters. The van der Waals surface area contributed by atoms with Crippen LogP contribution in [0.1, 0.15) is 36.7 Å². The summed E-state index contributed by atoms with van der Waals surface area (Å²) in [6.45, 7) is 4.77. The van der Waals surface area contributed by atoms with Gasteiger partial charge in [0.1, 0.15) is 11.2 Å². The van der Waals surface area contributed by atoms with E-state index < -0.39 is 0 Å². The van der Waals surface area contributed by atoms with Crippen LogP contribution in [0.3, 0.4) is 0 Å². The molecular formula is C16H21O2+. The normalized spacial score (nSPS) is 28.3. The summed E-state index contributed by atoms with van der Waals surface area (Å²) in [7, 11) is 0. The molecule has 0 aromatic heterocycles. The zero-order valence-corrected chi connectivity index (χ0v) is 11.1. The van der Waals surface area contributed by atoms with Crippen LogP contribution in [0.5, 0.6) is 0 Å². The average molecular weight is 245 g/mol. The quantitative estimate of drug-likeness (QED) is 0.635. The minimum atomic E-state index is -0.260. The van der Waals surface area contributed by atoms with E-state index in [1.54, 1.807) is 6.29 Å². The number of rotatable bonds is 3. The van der Waals surface area contributed by atoms with Crippen molar-refractivity contribution in [1.29, 1.82) is 0 Å². The SMILES string of the molecule is CC1CCC=C(O)C1(C)C[O+]=Cc1ccccc1. The maximum Gasteiger partial charge on any atom is 0.315 e. The van der Waals surface area contributed by atoms with Gasteiger partial charge in [-0.15, -0.1) is 0 Å². The molecule has 0 bridgehead atoms. The highest BCUT2D eigenvalue weighted by Crippen LogP contribution is 2.40. The molecular weight excluding hydrogens is 224 g/mol. The van der Waals surface area contributed by atoms with Crippen LogP contribution in [0.2, 0.25) is 0 Å². The van der Waals surface area contributed by atoms with Gasteiger partial charge >= 0.3 is 6.29 Å². The van der Waals surface area contributed by atoms with Crippen LogP contribution in [0.25, 0.3) is 0 Å². The summed E-state index contributed by atoms with van der Waals surface area (Å²) < 4.78 is 5.68. The number of hydrogen-bond acceptors (Lipinski definition) is 1. The topological polar surface area (TPSA) is 31.5 Å². The summed E-state index contributed by atoms with van der Waals surface area (Å²) in [6, 6.07) is 9.95. The second-order valence-electron chi connectivity index (χ2n) is 5.32. The molecule has 0 aliphatic heterocycles. The van der Waals surface area contributed by atoms with E-state index in [0.29, 0.717) is 18.3 Å². The number of allylic oxidation sites excluding steroid dienone is 1. The highest BCUT2D eigenvalue weighted by molar-refractivity contribution is 5.74. The number of carbonyl (C=O) groups excluding carboxylic acids is 1. The van der Waals surface area contributed by atoms with E-state index in [-0.39, 0.29) is 5.41 Å². The van der Waals surface area contributed by atoms with Crippen LogP contribution < -0.4 is 0 Å². The van der Waals surface area contributed by atoms with E-state index in [0.717, 1.165) is 18.4 Å². The van der Waals surface area contributed by atoms with Crippen molar-refractivity contribution in [3.63, 3.8) is 0 Å². The summed E-state index contributed by atoms with van der Waals surface area (Å²) >= 11 is 0. The highest BCUT2D eigenvalue weighted by Gasteiger charge is 2.42. The molecule has 1 N–H and O–H groups in total. The molecule has 2 nitrogen and oxygen atoms in total. The smallest absolute Gasteiger partial charge is 0.315 e. The van der Waals surface area contributed by atoms with Crippen LogP contribution >= 0.6 is 0 Å². The molecule has 0 spiro atoms. The van der Waals surface area contributed by atoms with Gasteiger partial charge in [0.15, 0.2) is 0 Å². The Morgan fingerprint density at radius 3 is 2.78 bits per heavy atom. The van der Waals surface area contributed by atoms with Gasteiger partial charge in [-0.2, -0.15) is 0 Å². The van der Waals surface area contributed by atoms with Crippen molar-refractivity contribution in [1.82, 2.24) is 0 Å². The molecule has 0 heterocycles. The van der Waals surface area contributed by atoms with E-state index in [4.69, 9.17) is 4.42 Å². The van der Waals surface area contributed by atoms with Gasteiger partial charge in [-0.1, -0.05) is 25.1 Å². The molecule has 2 heteroatoms. The molecule has 2 atom stereocenters. The summed E-state index contributed by atoms with van der Waals surface area (Å²) in [5, 5.41) is 10.1. The summed E-state index contributed by atoms with van der Waals surface area (Å²) in [5.41, 5.74) is 0.789. The molecule has 0 amide bonds. The van der Waals surface area contributed by atoms with Gasteiger partial charge in [0.25, 0.3) is 6.61 Å². The van der Waals surface area contributed by atoms with Crippen LogP contribution in [-0.2, 0) is 0 Å². The largest absolute Gasteiger partial charge is 0.512 e. The Bertz CT molecular complexity index is 447. The number of aliphatic hydroxyl groups is 1. The van der Waals surface area contributed by atoms with E-state index in [1.807, 2.05) is 36.4 Å². The molecule has 1 aliphatic carbocycles. The molecule has 0 fully saturated rings. The first-order chi connectivity index (χ1) is 8.63. The maximum atomic E-state index is 10.1. The van der Waals surface area contributed by atoms with E-state index in [1.165, 1.54) is 0 Å². The standard InChI is InChI=1S/C16H20O2/c1-13-7-6-10-15(17)16(13,2)12-18-11-14-8-4-3-5-9-14/h3-5,8-11,13H,6-7,12H2,1-2H3/p+1. The molecule has 1 aromatic rings. The van der Waals surface area contributed by atoms with Gasteiger partial charge in [-0.25, -0.2) is 0 Å². The van der Waals surface area contributed by atoms with Crippen molar-refractivity contribution in [2.75, 3.05) is 6.61 Å². The Morgan fingerprint density at radius 1 is 1.39 bits per heavy atom. The van der Waals surface area contributed by atoms with E-state index in [9.17, 15) is 5.11 Å². The molecule has 2 rings (SSSR count). The Labute approximate surface area is 109 Å². The Kier molecular flexibility index (Phi) is 3.85. The molecule has 0 saturated heterocycles. The number of benzene rings is 1. The first-order valence-electron chi connectivity index (χ1n) is 6.52. The van der Waals surface area contributed by atoms with E-state index in [2.05, 4.69) is 13.8 Å². The van der Waals surface area contributed by atoms with Gasteiger partial charge in [0.05, 0.1) is 5.56 Å². The zero-order valence-electron chi connectivity index (χ0n) is 11.1. The fourth-order valence-electron chi connectivity index (χ4n) is 2.33. The van der Waals surface area contributed by atoms with Crippen molar-refractivity contribution in [2.45, 2.75) is 26.7 Å². The monoisotopic (exact) mass is 245 g/mol. The number of aliphatic hydroxyl groups excluding tert-OH is 1. The lowest BCUT2D eigenvalue weighted by Gasteiger charge is -2.32. The Hall–Kier alpha value is -1.57. The second-order valence-corrected chi connectivity index (χ2v) is 5.32. The third kappa shape index (κ3) is 2.63. The fraction of sp³-hybridized carbons (Fsp3) is 0.438. The molecule has 0 saturated carbocycles. The van der Waals surface area contributed by atoms with E-state index >= 15 is 0 Å². The van der Waals surface area contributed by atoms with Crippen molar-refractivity contribution in [3.8, 4) is 0 Å².